The van der Waals surface area contributed by atoms with Crippen molar-refractivity contribution in [3.8, 4) is 0 Å². The molecule has 72 valence electrons. The molecular weight excluding hydrogens is 189 g/mol. The van der Waals surface area contributed by atoms with E-state index in [1.807, 2.05) is 0 Å². The van der Waals surface area contributed by atoms with Gasteiger partial charge in [0.25, 0.3) is 0 Å². The zero-order chi connectivity index (χ0) is 10.2. The smallest absolute Gasteiger partial charge is 0.367 e. The van der Waals surface area contributed by atoms with Crippen LogP contribution in [0.25, 0.3) is 0 Å². The minimum absolute atomic E-state index is 0.611. The molecule has 1 aromatic heterocycles. The monoisotopic (exact) mass is 194 g/mol. The summed E-state index contributed by atoms with van der Waals surface area (Å²) >= 11 is 0. The fourth-order valence-electron chi connectivity index (χ4n) is 0.837. The Kier molecular flexibility index (Phi) is 2.02. The van der Waals surface area contributed by atoms with Crippen molar-refractivity contribution in [3.63, 3.8) is 0 Å². The number of ketones is 1. The van der Waals surface area contributed by atoms with Gasteiger partial charge in [-0.25, -0.2) is 0 Å². The van der Waals surface area contributed by atoms with E-state index in [1.165, 1.54) is 0 Å². The lowest BCUT2D eigenvalue weighted by Gasteiger charge is -2.01. The Morgan fingerprint density at radius 2 is 2.08 bits per heavy atom. The van der Waals surface area contributed by atoms with Gasteiger partial charge in [-0.15, -0.1) is 0 Å². The lowest BCUT2D eigenvalue weighted by Crippen LogP contribution is -2.11. The zero-order valence-electron chi connectivity index (χ0n) is 6.47. The largest absolute Gasteiger partial charge is 0.437 e. The Bertz CT molecular complexity index is 342. The number of nitrogen functional groups attached to an aromatic ring is 1. The van der Waals surface area contributed by atoms with E-state index in [4.69, 9.17) is 5.73 Å². The van der Waals surface area contributed by atoms with Crippen LogP contribution >= 0.6 is 0 Å². The number of aromatic nitrogens is 1. The average molecular weight is 194 g/mol. The number of nitrogens with two attached hydrogens (primary N) is 1. The summed E-state index contributed by atoms with van der Waals surface area (Å²) in [5, 5.41) is 2.66. The van der Waals surface area contributed by atoms with Crippen molar-refractivity contribution in [1.29, 1.82) is 0 Å². The van der Waals surface area contributed by atoms with Gasteiger partial charge in [-0.2, -0.15) is 13.2 Å². The first kappa shape index (κ1) is 9.56. The first-order valence-corrected chi connectivity index (χ1v) is 3.17. The Balaban J connectivity index is 3.31. The summed E-state index contributed by atoms with van der Waals surface area (Å²) in [5.41, 5.74) is 2.90. The molecular formula is C6H5F3N2O2. The first-order chi connectivity index (χ1) is 5.84. The van der Waals surface area contributed by atoms with E-state index in [2.05, 4.69) is 9.68 Å². The lowest BCUT2D eigenvalue weighted by atomic mass is 10.1. The van der Waals surface area contributed by atoms with Crippen molar-refractivity contribution < 1.29 is 22.5 Å². The maximum Gasteiger partial charge on any atom is 0.437 e. The van der Waals surface area contributed by atoms with Gasteiger partial charge in [0, 0.05) is 0 Å². The van der Waals surface area contributed by atoms with Crippen LogP contribution in [0.1, 0.15) is 23.0 Å². The molecule has 13 heavy (non-hydrogen) atoms. The number of carbonyl (C=O) groups is 1. The highest BCUT2D eigenvalue weighted by molar-refractivity contribution is 5.99. The van der Waals surface area contributed by atoms with E-state index in [9.17, 15) is 18.0 Å². The highest BCUT2D eigenvalue weighted by Crippen LogP contribution is 2.33. The molecule has 0 unspecified atom stereocenters. The Labute approximate surface area is 70.5 Å². The van der Waals surface area contributed by atoms with E-state index in [0.29, 0.717) is 0 Å². The van der Waals surface area contributed by atoms with Crippen LogP contribution < -0.4 is 5.73 Å². The third-order valence-corrected chi connectivity index (χ3v) is 1.34. The van der Waals surface area contributed by atoms with Crippen LogP contribution in [0, 0.1) is 0 Å². The number of halogens is 3. The van der Waals surface area contributed by atoms with Gasteiger partial charge in [0.2, 0.25) is 11.6 Å². The van der Waals surface area contributed by atoms with Crippen molar-refractivity contribution in [2.45, 2.75) is 13.1 Å². The van der Waals surface area contributed by atoms with Crippen LogP contribution in [-0.4, -0.2) is 10.9 Å². The maximum absolute atomic E-state index is 12.1. The molecule has 0 saturated carbocycles. The van der Waals surface area contributed by atoms with E-state index in [0.717, 1.165) is 6.92 Å². The van der Waals surface area contributed by atoms with Crippen molar-refractivity contribution in [3.05, 3.63) is 11.3 Å². The molecule has 0 atom stereocenters. The van der Waals surface area contributed by atoms with Gasteiger partial charge in [0.1, 0.15) is 5.56 Å². The molecule has 0 bridgehead atoms. The second kappa shape index (κ2) is 2.75. The highest BCUT2D eigenvalue weighted by Gasteiger charge is 2.40. The van der Waals surface area contributed by atoms with Gasteiger partial charge >= 0.3 is 6.18 Å². The number of hydrogen-bond acceptors (Lipinski definition) is 4. The predicted octanol–water partition coefficient (Wildman–Crippen LogP) is 1.48. The number of carbonyl (C=O) groups excluding carboxylic acids is 1. The zero-order valence-corrected chi connectivity index (χ0v) is 6.47. The molecule has 1 aromatic rings. The highest BCUT2D eigenvalue weighted by atomic mass is 19.4. The molecule has 4 nitrogen and oxygen atoms in total. The van der Waals surface area contributed by atoms with Crippen LogP contribution in [0.15, 0.2) is 4.52 Å². The minimum atomic E-state index is -4.72. The summed E-state index contributed by atoms with van der Waals surface area (Å²) in [7, 11) is 0. The van der Waals surface area contributed by atoms with Crippen LogP contribution in [0.3, 0.4) is 0 Å². The fraction of sp³-hybridized carbons (Fsp3) is 0.333. The number of anilines is 1. The summed E-state index contributed by atoms with van der Waals surface area (Å²) in [5.74, 6) is -1.44. The molecule has 7 heteroatoms. The molecule has 2 N–H and O–H groups in total. The van der Waals surface area contributed by atoms with Crippen LogP contribution in [0.2, 0.25) is 0 Å². The van der Waals surface area contributed by atoms with Crippen LogP contribution in [0.5, 0.6) is 0 Å². The first-order valence-electron chi connectivity index (χ1n) is 3.17. The molecule has 0 aliphatic carbocycles. The van der Waals surface area contributed by atoms with Crippen LogP contribution in [0.4, 0.5) is 19.1 Å². The van der Waals surface area contributed by atoms with Crippen LogP contribution in [-0.2, 0) is 6.18 Å². The molecule has 0 saturated heterocycles. The average Bonchev–Trinajstić information content (AvgIpc) is 2.28. The molecule has 0 radical (unpaired) electrons. The molecule has 0 fully saturated rings. The number of Topliss-reactive ketones (excluding diaryl/α,β-unsaturated/α-hetero) is 1. The molecule has 1 rings (SSSR count). The number of alkyl halides is 3. The lowest BCUT2D eigenvalue weighted by molar-refractivity contribution is -0.143. The third-order valence-electron chi connectivity index (χ3n) is 1.34. The van der Waals surface area contributed by atoms with Gasteiger partial charge in [-0.1, -0.05) is 5.16 Å². The van der Waals surface area contributed by atoms with Gasteiger partial charge in [0.15, 0.2) is 5.78 Å². The summed E-state index contributed by atoms with van der Waals surface area (Å²) in [4.78, 5) is 10.7. The Morgan fingerprint density at radius 3 is 2.38 bits per heavy atom. The predicted molar refractivity (Wildman–Crippen MR) is 35.9 cm³/mol. The quantitative estimate of drug-likeness (QED) is 0.687. The van der Waals surface area contributed by atoms with E-state index in [-0.39, 0.29) is 0 Å². The molecule has 1 heterocycles. The fourth-order valence-corrected chi connectivity index (χ4v) is 0.837. The van der Waals surface area contributed by atoms with Gasteiger partial charge in [0.05, 0.1) is 0 Å². The van der Waals surface area contributed by atoms with E-state index >= 15 is 0 Å². The van der Waals surface area contributed by atoms with Crippen molar-refractivity contribution in [2.24, 2.45) is 0 Å². The molecule has 0 spiro atoms. The van der Waals surface area contributed by atoms with Gasteiger partial charge in [-0.05, 0) is 6.92 Å². The van der Waals surface area contributed by atoms with Crippen molar-refractivity contribution >= 4 is 11.7 Å². The Hall–Kier alpha value is -1.53. The second-order valence-corrected chi connectivity index (χ2v) is 2.32. The molecule has 0 aliphatic heterocycles. The number of rotatable bonds is 1. The third kappa shape index (κ3) is 1.63. The van der Waals surface area contributed by atoms with Gasteiger partial charge in [-0.3, -0.25) is 4.79 Å². The molecule has 0 aliphatic rings. The van der Waals surface area contributed by atoms with Crippen molar-refractivity contribution in [2.75, 3.05) is 5.73 Å². The second-order valence-electron chi connectivity index (χ2n) is 2.32. The maximum atomic E-state index is 12.1. The summed E-state index contributed by atoms with van der Waals surface area (Å²) in [6, 6.07) is 0. The van der Waals surface area contributed by atoms with E-state index < -0.39 is 29.1 Å². The topological polar surface area (TPSA) is 69.1 Å². The summed E-state index contributed by atoms with van der Waals surface area (Å²) in [6.45, 7) is 0.956. The standard InChI is InChI=1S/C6H5F3N2O2/c1-2(12)3-4(6(7,8)9)11-13-5(3)10/h10H2,1H3. The summed E-state index contributed by atoms with van der Waals surface area (Å²) < 4.78 is 40.3. The molecule has 0 aromatic carbocycles. The SMILES string of the molecule is CC(=O)c1c(C(F)(F)F)noc1N. The van der Waals surface area contributed by atoms with Crippen molar-refractivity contribution in [1.82, 2.24) is 5.16 Å². The summed E-state index contributed by atoms with van der Waals surface area (Å²) in [6.07, 6.45) is -4.72. The normalized spacial score (nSPS) is 11.7. The van der Waals surface area contributed by atoms with Gasteiger partial charge < -0.3 is 10.3 Å². The van der Waals surface area contributed by atoms with E-state index in [1.54, 1.807) is 0 Å². The number of hydrogen-bond donors (Lipinski definition) is 1. The number of nitrogens with zero attached hydrogens (tertiary/aromatic N) is 1. The Morgan fingerprint density at radius 1 is 1.54 bits per heavy atom. The minimum Gasteiger partial charge on any atom is -0.367 e. The molecule has 0 amide bonds.